The topological polar surface area (TPSA) is 47.0 Å². The number of anilines is 1. The number of hydrogen-bond acceptors (Lipinski definition) is 4. The molecule has 0 saturated carbocycles. The van der Waals surface area contributed by atoms with Crippen molar-refractivity contribution in [3.8, 4) is 17.3 Å². The zero-order valence-corrected chi connectivity index (χ0v) is 10.8. The van der Waals surface area contributed by atoms with Gasteiger partial charge in [0.2, 0.25) is 5.88 Å². The van der Waals surface area contributed by atoms with Crippen LogP contribution in [-0.4, -0.2) is 23.1 Å². The highest BCUT2D eigenvalue weighted by Crippen LogP contribution is 2.21. The van der Waals surface area contributed by atoms with Gasteiger partial charge in [-0.25, -0.2) is 4.98 Å². The maximum Gasteiger partial charge on any atom is 0.219 e. The molecule has 1 aromatic heterocycles. The van der Waals surface area contributed by atoms with Gasteiger partial charge in [-0.3, -0.25) is 0 Å². The van der Waals surface area contributed by atoms with E-state index in [1.165, 1.54) is 0 Å². The molecule has 2 aromatic rings. The van der Waals surface area contributed by atoms with Gasteiger partial charge in [-0.1, -0.05) is 30.3 Å². The fourth-order valence-corrected chi connectivity index (χ4v) is 1.57. The van der Waals surface area contributed by atoms with Crippen LogP contribution in [0.5, 0.6) is 5.88 Å². The van der Waals surface area contributed by atoms with E-state index in [1.54, 1.807) is 6.07 Å². The third kappa shape index (κ3) is 2.97. The zero-order valence-electron chi connectivity index (χ0n) is 10.8. The Labute approximate surface area is 107 Å². The van der Waals surface area contributed by atoms with Crippen LogP contribution in [-0.2, 0) is 0 Å². The van der Waals surface area contributed by atoms with Gasteiger partial charge in [0.05, 0.1) is 6.10 Å². The molecule has 0 aliphatic carbocycles. The first-order chi connectivity index (χ1) is 8.69. The molecule has 2 rings (SSSR count). The summed E-state index contributed by atoms with van der Waals surface area (Å²) in [6.07, 6.45) is 0.0910. The van der Waals surface area contributed by atoms with Gasteiger partial charge < -0.3 is 10.1 Å². The summed E-state index contributed by atoms with van der Waals surface area (Å²) < 4.78 is 5.63. The number of nitrogens with one attached hydrogen (secondary N) is 1. The second-order valence-corrected chi connectivity index (χ2v) is 4.20. The Bertz CT molecular complexity index is 512. The summed E-state index contributed by atoms with van der Waals surface area (Å²) in [7, 11) is 1.83. The highest BCUT2D eigenvalue weighted by atomic mass is 16.5. The molecule has 0 bridgehead atoms. The molecule has 0 amide bonds. The predicted molar refractivity (Wildman–Crippen MR) is 72.8 cm³/mol. The molecule has 0 radical (unpaired) electrons. The first-order valence-corrected chi connectivity index (χ1v) is 5.98. The molecular formula is C14H17N3O. The van der Waals surface area contributed by atoms with Crippen molar-refractivity contribution in [1.82, 2.24) is 9.97 Å². The molecule has 0 spiro atoms. The number of nitrogens with zero attached hydrogens (tertiary/aromatic N) is 2. The van der Waals surface area contributed by atoms with E-state index < -0.39 is 0 Å². The Kier molecular flexibility index (Phi) is 3.77. The molecular weight excluding hydrogens is 226 g/mol. The van der Waals surface area contributed by atoms with Crippen molar-refractivity contribution in [2.45, 2.75) is 20.0 Å². The van der Waals surface area contributed by atoms with E-state index in [9.17, 15) is 0 Å². The zero-order chi connectivity index (χ0) is 13.0. The quantitative estimate of drug-likeness (QED) is 0.896. The van der Waals surface area contributed by atoms with Crippen molar-refractivity contribution in [2.75, 3.05) is 12.4 Å². The first kappa shape index (κ1) is 12.4. The van der Waals surface area contributed by atoms with Gasteiger partial charge in [0, 0.05) is 18.7 Å². The summed E-state index contributed by atoms with van der Waals surface area (Å²) >= 11 is 0. The molecule has 94 valence electrons. The second kappa shape index (κ2) is 5.49. The second-order valence-electron chi connectivity index (χ2n) is 4.20. The van der Waals surface area contributed by atoms with E-state index in [1.807, 2.05) is 51.2 Å². The van der Waals surface area contributed by atoms with Crippen molar-refractivity contribution < 1.29 is 4.74 Å². The molecule has 0 unspecified atom stereocenters. The van der Waals surface area contributed by atoms with Gasteiger partial charge in [0.25, 0.3) is 0 Å². The molecule has 0 aliphatic heterocycles. The lowest BCUT2D eigenvalue weighted by Crippen LogP contribution is -2.08. The predicted octanol–water partition coefficient (Wildman–Crippen LogP) is 2.97. The van der Waals surface area contributed by atoms with Crippen LogP contribution in [0.3, 0.4) is 0 Å². The van der Waals surface area contributed by atoms with Gasteiger partial charge >= 0.3 is 0 Å². The average Bonchev–Trinajstić information content (AvgIpc) is 2.38. The average molecular weight is 243 g/mol. The molecule has 0 aliphatic rings. The Morgan fingerprint density at radius 2 is 1.83 bits per heavy atom. The van der Waals surface area contributed by atoms with Gasteiger partial charge in [-0.15, -0.1) is 0 Å². The highest BCUT2D eigenvalue weighted by molar-refractivity contribution is 5.58. The fourth-order valence-electron chi connectivity index (χ4n) is 1.57. The van der Waals surface area contributed by atoms with Crippen LogP contribution < -0.4 is 10.1 Å². The number of aromatic nitrogens is 2. The van der Waals surface area contributed by atoms with Crippen molar-refractivity contribution >= 4 is 5.82 Å². The molecule has 0 fully saturated rings. The van der Waals surface area contributed by atoms with Crippen LogP contribution in [0.15, 0.2) is 36.4 Å². The van der Waals surface area contributed by atoms with Crippen LogP contribution in [0.1, 0.15) is 13.8 Å². The number of benzene rings is 1. The van der Waals surface area contributed by atoms with Crippen molar-refractivity contribution in [1.29, 1.82) is 0 Å². The molecule has 4 nitrogen and oxygen atoms in total. The fraction of sp³-hybridized carbons (Fsp3) is 0.286. The monoisotopic (exact) mass is 243 g/mol. The highest BCUT2D eigenvalue weighted by Gasteiger charge is 2.07. The molecule has 18 heavy (non-hydrogen) atoms. The maximum absolute atomic E-state index is 5.63. The third-order valence-electron chi connectivity index (χ3n) is 2.35. The first-order valence-electron chi connectivity index (χ1n) is 5.98. The van der Waals surface area contributed by atoms with E-state index in [2.05, 4.69) is 15.3 Å². The van der Waals surface area contributed by atoms with Crippen LogP contribution in [0.2, 0.25) is 0 Å². The summed E-state index contributed by atoms with van der Waals surface area (Å²) in [6.45, 7) is 3.95. The minimum absolute atomic E-state index is 0.0910. The summed E-state index contributed by atoms with van der Waals surface area (Å²) in [4.78, 5) is 8.85. The SMILES string of the molecule is CNc1cc(OC(C)C)nc(-c2ccccc2)n1. The summed E-state index contributed by atoms with van der Waals surface area (Å²) in [6, 6.07) is 11.7. The lowest BCUT2D eigenvalue weighted by atomic mass is 10.2. The van der Waals surface area contributed by atoms with Crippen molar-refractivity contribution in [3.63, 3.8) is 0 Å². The number of hydrogen-bond donors (Lipinski definition) is 1. The normalized spacial score (nSPS) is 10.4. The number of rotatable bonds is 4. The Morgan fingerprint density at radius 3 is 2.44 bits per heavy atom. The third-order valence-corrected chi connectivity index (χ3v) is 2.35. The minimum atomic E-state index is 0.0910. The lowest BCUT2D eigenvalue weighted by Gasteiger charge is -2.11. The molecule has 0 atom stereocenters. The van der Waals surface area contributed by atoms with Gasteiger partial charge in [-0.05, 0) is 13.8 Å². The largest absolute Gasteiger partial charge is 0.475 e. The van der Waals surface area contributed by atoms with Gasteiger partial charge in [-0.2, -0.15) is 4.98 Å². The standard InChI is InChI=1S/C14H17N3O/c1-10(2)18-13-9-12(15-3)16-14(17-13)11-7-5-4-6-8-11/h4-10H,1-3H3,(H,15,16,17). The minimum Gasteiger partial charge on any atom is -0.475 e. The smallest absolute Gasteiger partial charge is 0.219 e. The lowest BCUT2D eigenvalue weighted by molar-refractivity contribution is 0.232. The van der Waals surface area contributed by atoms with Crippen LogP contribution in [0.25, 0.3) is 11.4 Å². The molecule has 4 heteroatoms. The summed E-state index contributed by atoms with van der Waals surface area (Å²) in [5.74, 6) is 2.00. The van der Waals surface area contributed by atoms with E-state index in [0.29, 0.717) is 11.7 Å². The van der Waals surface area contributed by atoms with Crippen LogP contribution in [0.4, 0.5) is 5.82 Å². The Balaban J connectivity index is 2.41. The summed E-state index contributed by atoms with van der Waals surface area (Å²) in [5, 5.41) is 3.02. The van der Waals surface area contributed by atoms with E-state index in [4.69, 9.17) is 4.74 Å². The van der Waals surface area contributed by atoms with Crippen LogP contribution >= 0.6 is 0 Å². The molecule has 1 aromatic carbocycles. The Hall–Kier alpha value is -2.10. The molecule has 1 heterocycles. The maximum atomic E-state index is 5.63. The van der Waals surface area contributed by atoms with Gasteiger partial charge in [0.15, 0.2) is 5.82 Å². The summed E-state index contributed by atoms with van der Waals surface area (Å²) in [5.41, 5.74) is 0.975. The van der Waals surface area contributed by atoms with E-state index >= 15 is 0 Å². The van der Waals surface area contributed by atoms with Gasteiger partial charge in [0.1, 0.15) is 5.82 Å². The molecule has 0 saturated heterocycles. The molecule has 1 N–H and O–H groups in total. The van der Waals surface area contributed by atoms with E-state index in [0.717, 1.165) is 11.4 Å². The van der Waals surface area contributed by atoms with E-state index in [-0.39, 0.29) is 6.10 Å². The van der Waals surface area contributed by atoms with Crippen LogP contribution in [0, 0.1) is 0 Å². The van der Waals surface area contributed by atoms with Crippen molar-refractivity contribution in [2.24, 2.45) is 0 Å². The van der Waals surface area contributed by atoms with Crippen molar-refractivity contribution in [3.05, 3.63) is 36.4 Å². The Morgan fingerprint density at radius 1 is 1.11 bits per heavy atom. The number of ether oxygens (including phenoxy) is 1.